The van der Waals surface area contributed by atoms with Gasteiger partial charge in [-0.3, -0.25) is 14.5 Å². The lowest BCUT2D eigenvalue weighted by molar-refractivity contribution is -0.126. The van der Waals surface area contributed by atoms with Gasteiger partial charge in [-0.15, -0.1) is 0 Å². The highest BCUT2D eigenvalue weighted by Crippen LogP contribution is 2.28. The molecule has 2 heterocycles. The van der Waals surface area contributed by atoms with Gasteiger partial charge in [0.05, 0.1) is 13.0 Å². The molecule has 0 aliphatic carbocycles. The first-order chi connectivity index (χ1) is 16.0. The number of nitrogens with one attached hydrogen (secondary N) is 1. The lowest BCUT2D eigenvalue weighted by atomic mass is 10.0. The second-order valence-corrected chi connectivity index (χ2v) is 8.98. The number of benzene rings is 2. The average molecular weight is 451 g/mol. The standard InChI is InChI=1S/C26H34N4O3/c1-28-14-15-29(24(19-28)20-8-4-3-5-9-20)13-7-12-27-26(32)21-16-25(31)30(18-21)22-10-6-11-23(17-22)33-2/h3-6,8-11,17,21,24H,7,12-16,18-19H2,1-2H3,(H,27,32). The minimum atomic E-state index is -0.315. The Balaban J connectivity index is 1.26. The van der Waals surface area contributed by atoms with Crippen LogP contribution >= 0.6 is 0 Å². The maximum Gasteiger partial charge on any atom is 0.227 e. The Labute approximate surface area is 196 Å². The summed E-state index contributed by atoms with van der Waals surface area (Å²) in [5.74, 6) is 0.327. The highest BCUT2D eigenvalue weighted by Gasteiger charge is 2.35. The van der Waals surface area contributed by atoms with E-state index in [1.807, 2.05) is 24.3 Å². The maximum atomic E-state index is 12.7. The van der Waals surface area contributed by atoms with Crippen molar-refractivity contribution in [3.8, 4) is 5.75 Å². The monoisotopic (exact) mass is 450 g/mol. The molecular formula is C26H34N4O3. The predicted molar refractivity (Wildman–Crippen MR) is 129 cm³/mol. The van der Waals surface area contributed by atoms with E-state index < -0.39 is 0 Å². The van der Waals surface area contributed by atoms with E-state index in [4.69, 9.17) is 4.74 Å². The summed E-state index contributed by atoms with van der Waals surface area (Å²) in [6.07, 6.45) is 1.14. The van der Waals surface area contributed by atoms with Crippen LogP contribution in [0.3, 0.4) is 0 Å². The molecule has 2 atom stereocenters. The summed E-state index contributed by atoms with van der Waals surface area (Å²) in [5, 5.41) is 3.06. The normalized spacial score (nSPS) is 21.9. The van der Waals surface area contributed by atoms with Gasteiger partial charge in [-0.2, -0.15) is 0 Å². The molecule has 0 saturated carbocycles. The number of carbonyl (C=O) groups excluding carboxylic acids is 2. The smallest absolute Gasteiger partial charge is 0.227 e. The third kappa shape index (κ3) is 5.72. The van der Waals surface area contributed by atoms with Crippen LogP contribution in [0.1, 0.15) is 24.4 Å². The summed E-state index contributed by atoms with van der Waals surface area (Å²) in [6, 6.07) is 18.4. The molecule has 0 bridgehead atoms. The lowest BCUT2D eigenvalue weighted by Gasteiger charge is -2.40. The fourth-order valence-electron chi connectivity index (χ4n) is 4.77. The van der Waals surface area contributed by atoms with Crippen LogP contribution in [0, 0.1) is 5.92 Å². The summed E-state index contributed by atoms with van der Waals surface area (Å²) in [4.78, 5) is 31.8. The van der Waals surface area contributed by atoms with Crippen molar-refractivity contribution in [1.29, 1.82) is 0 Å². The Kier molecular flexibility index (Phi) is 7.62. The van der Waals surface area contributed by atoms with Crippen molar-refractivity contribution in [2.24, 2.45) is 5.92 Å². The molecule has 2 amide bonds. The van der Waals surface area contributed by atoms with Crippen LogP contribution < -0.4 is 15.0 Å². The van der Waals surface area contributed by atoms with Crippen LogP contribution in [0.5, 0.6) is 5.75 Å². The molecule has 1 N–H and O–H groups in total. The number of amides is 2. The van der Waals surface area contributed by atoms with Crippen molar-refractivity contribution in [3.05, 3.63) is 60.2 Å². The number of carbonyl (C=O) groups is 2. The molecule has 176 valence electrons. The Hall–Kier alpha value is -2.90. The minimum Gasteiger partial charge on any atom is -0.497 e. The Morgan fingerprint density at radius 1 is 1.09 bits per heavy atom. The first-order valence-electron chi connectivity index (χ1n) is 11.7. The predicted octanol–water partition coefficient (Wildman–Crippen LogP) is 2.54. The molecule has 0 spiro atoms. The first kappa shape index (κ1) is 23.3. The zero-order valence-electron chi connectivity index (χ0n) is 19.6. The average Bonchev–Trinajstić information content (AvgIpc) is 3.24. The van der Waals surface area contributed by atoms with E-state index >= 15 is 0 Å². The summed E-state index contributed by atoms with van der Waals surface area (Å²) in [7, 11) is 3.77. The van der Waals surface area contributed by atoms with Gasteiger partial charge in [-0.25, -0.2) is 0 Å². The van der Waals surface area contributed by atoms with Crippen molar-refractivity contribution >= 4 is 17.5 Å². The third-order valence-electron chi connectivity index (χ3n) is 6.66. The molecule has 4 rings (SSSR count). The molecule has 7 nitrogen and oxygen atoms in total. The topological polar surface area (TPSA) is 65.1 Å². The third-order valence-corrected chi connectivity index (χ3v) is 6.66. The van der Waals surface area contributed by atoms with Gasteiger partial charge < -0.3 is 19.9 Å². The van der Waals surface area contributed by atoms with Gasteiger partial charge in [0.15, 0.2) is 0 Å². The van der Waals surface area contributed by atoms with Crippen molar-refractivity contribution in [1.82, 2.24) is 15.1 Å². The summed E-state index contributed by atoms with van der Waals surface area (Å²) >= 11 is 0. The van der Waals surface area contributed by atoms with Crippen LogP contribution in [0.15, 0.2) is 54.6 Å². The maximum absolute atomic E-state index is 12.7. The van der Waals surface area contributed by atoms with Crippen molar-refractivity contribution in [2.75, 3.05) is 58.3 Å². The number of rotatable bonds is 8. The largest absolute Gasteiger partial charge is 0.497 e. The van der Waals surface area contributed by atoms with Gasteiger partial charge in [0, 0.05) is 63.5 Å². The first-order valence-corrected chi connectivity index (χ1v) is 11.7. The van der Waals surface area contributed by atoms with E-state index in [1.54, 1.807) is 12.0 Å². The number of likely N-dealkylation sites (N-methyl/N-ethyl adjacent to an activating group) is 1. The van der Waals surface area contributed by atoms with E-state index in [9.17, 15) is 9.59 Å². The zero-order chi connectivity index (χ0) is 23.2. The highest BCUT2D eigenvalue weighted by atomic mass is 16.5. The molecule has 2 aromatic rings. The number of nitrogens with zero attached hydrogens (tertiary/aromatic N) is 3. The number of ether oxygens (including phenoxy) is 1. The summed E-state index contributed by atoms with van der Waals surface area (Å²) in [5.41, 5.74) is 2.12. The van der Waals surface area contributed by atoms with E-state index in [1.165, 1.54) is 5.56 Å². The number of hydrogen-bond acceptors (Lipinski definition) is 5. The zero-order valence-corrected chi connectivity index (χ0v) is 19.6. The van der Waals surface area contributed by atoms with Crippen LogP contribution in [0.4, 0.5) is 5.69 Å². The summed E-state index contributed by atoms with van der Waals surface area (Å²) < 4.78 is 5.26. The molecule has 2 aliphatic heterocycles. The van der Waals surface area contributed by atoms with Gasteiger partial charge in [0.2, 0.25) is 11.8 Å². The molecule has 2 aromatic carbocycles. The molecule has 7 heteroatoms. The van der Waals surface area contributed by atoms with Crippen LogP contribution in [0.2, 0.25) is 0 Å². The molecular weight excluding hydrogens is 416 g/mol. The second kappa shape index (κ2) is 10.8. The van der Waals surface area contributed by atoms with Gasteiger partial charge >= 0.3 is 0 Å². The molecule has 0 aromatic heterocycles. The minimum absolute atomic E-state index is 0.0217. The SMILES string of the molecule is COc1cccc(N2CC(C(=O)NCCCN3CCN(C)CC3c3ccccc3)CC2=O)c1. The molecule has 2 fully saturated rings. The number of piperazine rings is 1. The molecule has 2 aliphatic rings. The molecule has 2 saturated heterocycles. The lowest BCUT2D eigenvalue weighted by Crippen LogP contribution is -2.47. The van der Waals surface area contributed by atoms with Gasteiger partial charge in [-0.05, 0) is 31.2 Å². The number of anilines is 1. The van der Waals surface area contributed by atoms with Crippen molar-refractivity contribution in [2.45, 2.75) is 18.9 Å². The van der Waals surface area contributed by atoms with Crippen molar-refractivity contribution < 1.29 is 14.3 Å². The fraction of sp³-hybridized carbons (Fsp3) is 0.462. The Morgan fingerprint density at radius 3 is 2.70 bits per heavy atom. The number of methoxy groups -OCH3 is 1. The van der Waals surface area contributed by atoms with Crippen LogP contribution in [0.25, 0.3) is 0 Å². The molecule has 0 radical (unpaired) electrons. The molecule has 33 heavy (non-hydrogen) atoms. The van der Waals surface area contributed by atoms with E-state index in [-0.39, 0.29) is 24.2 Å². The summed E-state index contributed by atoms with van der Waals surface area (Å²) in [6.45, 7) is 5.06. The van der Waals surface area contributed by atoms with E-state index in [2.05, 4.69) is 52.5 Å². The van der Waals surface area contributed by atoms with Crippen LogP contribution in [-0.4, -0.2) is 75.0 Å². The number of hydrogen-bond donors (Lipinski definition) is 1. The van der Waals surface area contributed by atoms with Crippen molar-refractivity contribution in [3.63, 3.8) is 0 Å². The quantitative estimate of drug-likeness (QED) is 0.627. The Bertz CT molecular complexity index is 952. The van der Waals surface area contributed by atoms with Gasteiger partial charge in [0.1, 0.15) is 5.75 Å². The van der Waals surface area contributed by atoms with Gasteiger partial charge in [-0.1, -0.05) is 36.4 Å². The highest BCUT2D eigenvalue weighted by molar-refractivity contribution is 6.00. The van der Waals surface area contributed by atoms with E-state index in [0.717, 1.165) is 38.3 Å². The Morgan fingerprint density at radius 2 is 1.91 bits per heavy atom. The second-order valence-electron chi connectivity index (χ2n) is 8.98. The molecule has 2 unspecified atom stereocenters. The van der Waals surface area contributed by atoms with E-state index in [0.29, 0.717) is 24.9 Å². The van der Waals surface area contributed by atoms with Crippen LogP contribution in [-0.2, 0) is 9.59 Å². The van der Waals surface area contributed by atoms with Gasteiger partial charge in [0.25, 0.3) is 0 Å². The fourth-order valence-corrected chi connectivity index (χ4v) is 4.77.